The first-order chi connectivity index (χ1) is 7.25. The largest absolute Gasteiger partial charge is 0.293 e. The van der Waals surface area contributed by atoms with Gasteiger partial charge in [0.1, 0.15) is 0 Å². The lowest BCUT2D eigenvalue weighted by atomic mass is 10.1. The van der Waals surface area contributed by atoms with E-state index in [-0.39, 0.29) is 0 Å². The summed E-state index contributed by atoms with van der Waals surface area (Å²) in [6, 6.07) is 10.8. The highest BCUT2D eigenvalue weighted by Crippen LogP contribution is 2.31. The second kappa shape index (κ2) is 5.04. The monoisotopic (exact) mass is 221 g/mol. The summed E-state index contributed by atoms with van der Waals surface area (Å²) in [7, 11) is 2.24. The van der Waals surface area contributed by atoms with Crippen LogP contribution in [0.2, 0.25) is 0 Å². The molecule has 1 aliphatic rings. The Bertz CT molecular complexity index is 299. The number of hydrogen-bond donors (Lipinski definition) is 0. The summed E-state index contributed by atoms with van der Waals surface area (Å²) in [6.45, 7) is 3.56. The lowest BCUT2D eigenvalue weighted by Crippen LogP contribution is -2.24. The molecule has 1 aliphatic heterocycles. The summed E-state index contributed by atoms with van der Waals surface area (Å²) in [6.07, 6.45) is 2.48. The van der Waals surface area contributed by atoms with Crippen LogP contribution in [0.5, 0.6) is 0 Å². The third kappa shape index (κ3) is 2.99. The maximum absolute atomic E-state index is 2.48. The fourth-order valence-electron chi connectivity index (χ4n) is 2.16. The lowest BCUT2D eigenvalue weighted by Gasteiger charge is -2.17. The van der Waals surface area contributed by atoms with Crippen molar-refractivity contribution in [3.8, 4) is 0 Å². The van der Waals surface area contributed by atoms with Crippen molar-refractivity contribution in [2.24, 2.45) is 0 Å². The Kier molecular flexibility index (Phi) is 3.71. The zero-order valence-electron chi connectivity index (χ0n) is 9.52. The Labute approximate surface area is 96.9 Å². The normalized spacial score (nSPS) is 27.1. The van der Waals surface area contributed by atoms with Gasteiger partial charge in [0.05, 0.1) is 5.37 Å². The summed E-state index contributed by atoms with van der Waals surface area (Å²) >= 11 is 2.12. The fraction of sp³-hybridized carbons (Fsp3) is 0.538. The van der Waals surface area contributed by atoms with Gasteiger partial charge in [0.15, 0.2) is 0 Å². The molecule has 0 spiro atoms. The summed E-state index contributed by atoms with van der Waals surface area (Å²) in [4.78, 5) is 2.48. The summed E-state index contributed by atoms with van der Waals surface area (Å²) in [5.41, 5.74) is 1.46. The highest BCUT2D eigenvalue weighted by atomic mass is 32.2. The van der Waals surface area contributed by atoms with Crippen molar-refractivity contribution >= 4 is 11.8 Å². The van der Waals surface area contributed by atoms with Crippen molar-refractivity contribution in [3.63, 3.8) is 0 Å². The van der Waals surface area contributed by atoms with Crippen LogP contribution in [0.25, 0.3) is 0 Å². The summed E-state index contributed by atoms with van der Waals surface area (Å²) in [5.74, 6) is 0. The number of benzene rings is 1. The van der Waals surface area contributed by atoms with Gasteiger partial charge in [0.25, 0.3) is 0 Å². The zero-order valence-corrected chi connectivity index (χ0v) is 10.3. The Morgan fingerprint density at radius 2 is 2.07 bits per heavy atom. The fourth-order valence-corrected chi connectivity index (χ4v) is 3.57. The third-order valence-electron chi connectivity index (χ3n) is 2.95. The maximum atomic E-state index is 2.48. The van der Waals surface area contributed by atoms with Crippen molar-refractivity contribution in [3.05, 3.63) is 35.9 Å². The Morgan fingerprint density at radius 3 is 2.67 bits per heavy atom. The van der Waals surface area contributed by atoms with E-state index in [2.05, 4.69) is 61.0 Å². The molecule has 0 amide bonds. The van der Waals surface area contributed by atoms with Crippen LogP contribution in [0.4, 0.5) is 0 Å². The minimum absolute atomic E-state index is 0.722. The quantitative estimate of drug-likeness (QED) is 0.772. The molecule has 2 atom stereocenters. The van der Waals surface area contributed by atoms with Gasteiger partial charge in [-0.05, 0) is 25.5 Å². The molecule has 0 saturated carbocycles. The molecule has 82 valence electrons. The van der Waals surface area contributed by atoms with Crippen LogP contribution in [0.3, 0.4) is 0 Å². The van der Waals surface area contributed by atoms with E-state index in [4.69, 9.17) is 0 Å². The second-order valence-corrected chi connectivity index (χ2v) is 5.99. The first-order valence-corrected chi connectivity index (χ1v) is 6.59. The Morgan fingerprint density at radius 1 is 1.33 bits per heavy atom. The number of nitrogens with zero attached hydrogens (tertiary/aromatic N) is 1. The molecule has 2 rings (SSSR count). The molecule has 0 bridgehead atoms. The molecule has 2 heteroatoms. The number of hydrogen-bond acceptors (Lipinski definition) is 2. The summed E-state index contributed by atoms with van der Waals surface area (Å²) in [5, 5.41) is 1.52. The van der Waals surface area contributed by atoms with E-state index in [0.717, 1.165) is 10.6 Å². The van der Waals surface area contributed by atoms with Crippen molar-refractivity contribution in [1.82, 2.24) is 4.90 Å². The van der Waals surface area contributed by atoms with Crippen molar-refractivity contribution in [2.45, 2.75) is 30.4 Å². The van der Waals surface area contributed by atoms with E-state index in [0.29, 0.717) is 0 Å². The minimum Gasteiger partial charge on any atom is -0.293 e. The Hall–Kier alpha value is -0.470. The highest BCUT2D eigenvalue weighted by molar-refractivity contribution is 8.00. The van der Waals surface area contributed by atoms with E-state index in [1.807, 2.05) is 0 Å². The first-order valence-electron chi connectivity index (χ1n) is 5.65. The van der Waals surface area contributed by atoms with Crippen LogP contribution in [0, 0.1) is 0 Å². The van der Waals surface area contributed by atoms with Crippen LogP contribution in [0.15, 0.2) is 30.3 Å². The molecule has 0 N–H and O–H groups in total. The maximum Gasteiger partial charge on any atom is 0.0561 e. The van der Waals surface area contributed by atoms with Crippen LogP contribution in [0.1, 0.15) is 18.9 Å². The highest BCUT2D eigenvalue weighted by Gasteiger charge is 2.26. The Balaban J connectivity index is 1.84. The predicted octanol–water partition coefficient (Wildman–Crippen LogP) is 3.01. The third-order valence-corrected chi connectivity index (χ3v) is 4.47. The molecule has 1 saturated heterocycles. The minimum atomic E-state index is 0.722. The van der Waals surface area contributed by atoms with Gasteiger partial charge in [0.2, 0.25) is 0 Å². The first kappa shape index (κ1) is 11.0. The average molecular weight is 221 g/mol. The topological polar surface area (TPSA) is 3.24 Å². The van der Waals surface area contributed by atoms with Gasteiger partial charge in [-0.3, -0.25) is 4.90 Å². The summed E-state index contributed by atoms with van der Waals surface area (Å²) < 4.78 is 0. The smallest absolute Gasteiger partial charge is 0.0561 e. The average Bonchev–Trinajstić information content (AvgIpc) is 2.56. The molecular formula is C13H19NS. The van der Waals surface area contributed by atoms with E-state index in [9.17, 15) is 0 Å². The van der Waals surface area contributed by atoms with Gasteiger partial charge in [-0.2, -0.15) is 0 Å². The molecule has 0 unspecified atom stereocenters. The second-order valence-electron chi connectivity index (χ2n) is 4.37. The number of thioether (sulfide) groups is 1. The predicted molar refractivity (Wildman–Crippen MR) is 68.2 cm³/mol. The van der Waals surface area contributed by atoms with Crippen LogP contribution in [-0.4, -0.2) is 29.1 Å². The molecule has 1 aromatic carbocycles. The molecule has 1 fully saturated rings. The SMILES string of the molecule is C[C@H]1CN(C)[C@H](CCc2ccccc2)S1. The van der Waals surface area contributed by atoms with Crippen molar-refractivity contribution < 1.29 is 0 Å². The molecule has 1 heterocycles. The van der Waals surface area contributed by atoms with Crippen molar-refractivity contribution in [2.75, 3.05) is 13.6 Å². The lowest BCUT2D eigenvalue weighted by molar-refractivity contribution is 0.329. The van der Waals surface area contributed by atoms with E-state index in [1.165, 1.54) is 24.9 Å². The van der Waals surface area contributed by atoms with Crippen molar-refractivity contribution in [1.29, 1.82) is 0 Å². The molecule has 1 aromatic rings. The van der Waals surface area contributed by atoms with Gasteiger partial charge in [-0.25, -0.2) is 0 Å². The van der Waals surface area contributed by atoms with Gasteiger partial charge < -0.3 is 0 Å². The van der Waals surface area contributed by atoms with Crippen LogP contribution >= 0.6 is 11.8 Å². The molecule has 0 aromatic heterocycles. The molecular weight excluding hydrogens is 202 g/mol. The molecule has 15 heavy (non-hydrogen) atoms. The van der Waals surface area contributed by atoms with Gasteiger partial charge in [0, 0.05) is 11.8 Å². The molecule has 0 radical (unpaired) electrons. The zero-order chi connectivity index (χ0) is 10.7. The standard InChI is InChI=1S/C13H19NS/c1-11-10-14(2)13(15-11)9-8-12-6-4-3-5-7-12/h3-7,11,13H,8-10H2,1-2H3/t11-,13-/m0/s1. The van der Waals surface area contributed by atoms with Crippen LogP contribution in [-0.2, 0) is 6.42 Å². The molecule has 1 nitrogen and oxygen atoms in total. The molecule has 0 aliphatic carbocycles. The van der Waals surface area contributed by atoms with Gasteiger partial charge >= 0.3 is 0 Å². The number of aryl methyl sites for hydroxylation is 1. The van der Waals surface area contributed by atoms with E-state index < -0.39 is 0 Å². The van der Waals surface area contributed by atoms with Gasteiger partial charge in [-0.15, -0.1) is 11.8 Å². The van der Waals surface area contributed by atoms with E-state index in [1.54, 1.807) is 0 Å². The number of rotatable bonds is 3. The van der Waals surface area contributed by atoms with Gasteiger partial charge in [-0.1, -0.05) is 37.3 Å². The van der Waals surface area contributed by atoms with E-state index >= 15 is 0 Å². The van der Waals surface area contributed by atoms with Crippen LogP contribution < -0.4 is 0 Å².